The molecule has 388 valence electrons. The molecule has 5 heterocycles. The van der Waals surface area contributed by atoms with E-state index < -0.39 is 23.8 Å². The van der Waals surface area contributed by atoms with E-state index in [4.69, 9.17) is 47.9 Å². The third-order valence-corrected chi connectivity index (χ3v) is 13.8. The Morgan fingerprint density at radius 3 is 1.38 bits per heavy atom. The first kappa shape index (κ1) is 60.3. The van der Waals surface area contributed by atoms with Gasteiger partial charge in [-0.15, -0.1) is 0 Å². The number of unbranched alkanes of at least 4 members (excludes halogenated alkanes) is 10. The molecule has 1 fully saturated rings. The van der Waals surface area contributed by atoms with Crippen LogP contribution in [0.2, 0.25) is 0 Å². The second-order valence-corrected chi connectivity index (χ2v) is 21.1. The highest BCUT2D eigenvalue weighted by Crippen LogP contribution is 2.41. The summed E-state index contributed by atoms with van der Waals surface area (Å²) in [6.45, 7) is 21.1. The van der Waals surface area contributed by atoms with Crippen LogP contribution in [0.3, 0.4) is 0 Å². The van der Waals surface area contributed by atoms with E-state index in [0.29, 0.717) is 35.4 Å². The minimum atomic E-state index is -0.741. The summed E-state index contributed by atoms with van der Waals surface area (Å²) >= 11 is 0. The lowest BCUT2D eigenvalue weighted by Crippen LogP contribution is -3.00. The number of aromatic nitrogens is 2. The van der Waals surface area contributed by atoms with Gasteiger partial charge in [0.05, 0.1) is 110 Å². The van der Waals surface area contributed by atoms with Crippen molar-refractivity contribution in [3.05, 3.63) is 71.3 Å². The van der Waals surface area contributed by atoms with Crippen LogP contribution in [0.5, 0.6) is 0 Å². The first-order valence-corrected chi connectivity index (χ1v) is 25.5. The summed E-state index contributed by atoms with van der Waals surface area (Å²) < 4.78 is 52.5. The third-order valence-electron chi connectivity index (χ3n) is 13.8. The van der Waals surface area contributed by atoms with Gasteiger partial charge in [-0.1, -0.05) is 76.7 Å². The molecule has 0 aromatic carbocycles. The number of pyridine rings is 2. The van der Waals surface area contributed by atoms with Crippen molar-refractivity contribution >= 4 is 11.4 Å². The summed E-state index contributed by atoms with van der Waals surface area (Å²) in [7, 11) is 9.02. The monoisotopic (exact) mass is 993 g/mol. The van der Waals surface area contributed by atoms with Crippen molar-refractivity contribution in [1.29, 1.82) is 0 Å². The number of rotatable bonds is 30. The molecule has 0 N–H and O–H groups in total. The van der Waals surface area contributed by atoms with Crippen molar-refractivity contribution in [1.82, 2.24) is 18.9 Å². The molecule has 0 aliphatic carbocycles. The van der Waals surface area contributed by atoms with E-state index in [1.165, 1.54) is 101 Å². The van der Waals surface area contributed by atoms with Crippen LogP contribution in [0, 0.1) is 5.41 Å². The molecule has 3 aliphatic rings. The average molecular weight is 994 g/mol. The number of ether oxygens (including phenoxy) is 8. The number of halogens is 2. The van der Waals surface area contributed by atoms with Crippen molar-refractivity contribution in [2.45, 2.75) is 175 Å². The van der Waals surface area contributed by atoms with E-state index in [1.807, 2.05) is 38.6 Å². The number of nitrogens with zero attached hydrogens (tertiary/aromatic N) is 4. The molecule has 0 radical (unpaired) electrons. The molecule has 5 rings (SSSR count). The number of fused-ring (bicyclic) bond motifs is 2. The largest absolute Gasteiger partial charge is 1.00 e. The first-order chi connectivity index (χ1) is 31.7. The van der Waals surface area contributed by atoms with Crippen LogP contribution in [0.1, 0.15) is 178 Å². The van der Waals surface area contributed by atoms with Gasteiger partial charge in [-0.25, -0.2) is 0 Å². The Kier molecular flexibility index (Phi) is 26.7. The van der Waals surface area contributed by atoms with Gasteiger partial charge < -0.3 is 62.7 Å². The van der Waals surface area contributed by atoms with E-state index in [2.05, 4.69) is 55.2 Å². The Hall–Kier alpha value is -2.04. The molecule has 0 amide bonds. The topological polar surface area (TPSA) is 99.6 Å². The van der Waals surface area contributed by atoms with Crippen LogP contribution < -0.4 is 33.8 Å². The number of quaternary nitrogens is 2. The zero-order valence-electron chi connectivity index (χ0n) is 43.5. The molecule has 14 heteroatoms. The van der Waals surface area contributed by atoms with E-state index in [9.17, 15) is 0 Å². The van der Waals surface area contributed by atoms with Crippen molar-refractivity contribution in [3.8, 4) is 0 Å². The predicted molar refractivity (Wildman–Crippen MR) is 266 cm³/mol. The van der Waals surface area contributed by atoms with Gasteiger partial charge in [0.1, 0.15) is 0 Å². The average Bonchev–Trinajstić information content (AvgIpc) is 3.65. The summed E-state index contributed by atoms with van der Waals surface area (Å²) in [5.74, 6) is -0.741. The zero-order valence-corrected chi connectivity index (χ0v) is 45.0. The summed E-state index contributed by atoms with van der Waals surface area (Å²) in [5.41, 5.74) is 8.20. The van der Waals surface area contributed by atoms with Gasteiger partial charge in [0.15, 0.2) is 43.3 Å². The molecule has 2 aromatic heterocycles. The van der Waals surface area contributed by atoms with Crippen LogP contribution in [0.4, 0.5) is 11.4 Å². The second-order valence-electron chi connectivity index (χ2n) is 21.1. The van der Waals surface area contributed by atoms with Crippen LogP contribution in [0.25, 0.3) is 0 Å². The van der Waals surface area contributed by atoms with Gasteiger partial charge in [-0.05, 0) is 90.9 Å². The number of allylic oxidation sites excluding steroid dienone is 2. The fourth-order valence-corrected chi connectivity index (χ4v) is 9.31. The smallest absolute Gasteiger partial charge is 0.192 e. The van der Waals surface area contributed by atoms with Crippen LogP contribution in [-0.4, -0.2) is 97.0 Å². The molecule has 2 aromatic rings. The zero-order chi connectivity index (χ0) is 47.5. The fourth-order valence-electron chi connectivity index (χ4n) is 9.31. The second kappa shape index (κ2) is 30.1. The molecule has 68 heavy (non-hydrogen) atoms. The van der Waals surface area contributed by atoms with Gasteiger partial charge >= 0.3 is 0 Å². The Balaban J connectivity index is 0.00000612. The highest BCUT2D eigenvalue weighted by atomic mass is 35.5. The third kappa shape index (κ3) is 18.9. The van der Waals surface area contributed by atoms with Gasteiger partial charge in [-0.3, -0.25) is 18.9 Å². The molecule has 0 bridgehead atoms. The van der Waals surface area contributed by atoms with E-state index in [1.54, 1.807) is 0 Å². The summed E-state index contributed by atoms with van der Waals surface area (Å²) in [5, 5.41) is 0. The maximum atomic E-state index is 6.90. The lowest BCUT2D eigenvalue weighted by molar-refractivity contribution is -0.316. The standard InChI is InChI=1S/C54H90N4O8.2ClH/c1-11-13-25-43(3)27-21-17-15-19-23-29-57(7,8)47-33-55-31-45-35-59-41-63-51(49(45)47)61-37-54(39-65-53(5,6)66-40-54)38-62-52-50-46(36-60-42-64-52)32-56-34-48(50)58(9,10)30-24-20-16-18-22-28-44(4)26-14-12-2;;/h31-34,51-52H,3-4,11-30,35-42H2,1-2,5-10H3;2*1H/q+2;;/p-2. The van der Waals surface area contributed by atoms with Crippen LogP contribution in [-0.2, 0) is 51.1 Å². The van der Waals surface area contributed by atoms with Crippen molar-refractivity contribution in [2.75, 3.05) is 81.3 Å². The van der Waals surface area contributed by atoms with Crippen molar-refractivity contribution < 1.29 is 62.7 Å². The molecule has 0 saturated carbocycles. The SMILES string of the molecule is C=C(CCCC)CCCCCCC[N+](C)(C)c1cncc2c1C(OCC1(COC3OCOCc4cncc([N+](C)(C)CCCCCCCC(=C)CCCC)c43)COC(C)(C)OC1)OCOC2.[Cl-].[Cl-]. The normalized spacial score (nSPS) is 19.1. The molecule has 1 saturated heterocycles. The van der Waals surface area contributed by atoms with Crippen LogP contribution in [0.15, 0.2) is 49.1 Å². The maximum Gasteiger partial charge on any atom is 0.192 e. The minimum Gasteiger partial charge on any atom is -1.00 e. The van der Waals surface area contributed by atoms with E-state index >= 15 is 0 Å². The molecule has 2 atom stereocenters. The fraction of sp³-hybridized carbons (Fsp3) is 0.741. The Morgan fingerprint density at radius 1 is 0.588 bits per heavy atom. The van der Waals surface area contributed by atoms with Gasteiger partial charge in [0, 0.05) is 23.5 Å². The first-order valence-electron chi connectivity index (χ1n) is 25.5. The molecule has 2 unspecified atom stereocenters. The molecular weight excluding hydrogens is 904 g/mol. The predicted octanol–water partition coefficient (Wildman–Crippen LogP) is 6.30. The Morgan fingerprint density at radius 2 is 0.971 bits per heavy atom. The summed E-state index contributed by atoms with van der Waals surface area (Å²) in [4.78, 5) is 9.39. The lowest BCUT2D eigenvalue weighted by Gasteiger charge is -2.44. The molecule has 12 nitrogen and oxygen atoms in total. The molecule has 3 aliphatic heterocycles. The number of hydrogen-bond acceptors (Lipinski definition) is 10. The Labute approximate surface area is 424 Å². The number of hydrogen-bond donors (Lipinski definition) is 0. The van der Waals surface area contributed by atoms with Gasteiger partial charge in [0.2, 0.25) is 0 Å². The van der Waals surface area contributed by atoms with E-state index in [0.717, 1.165) is 72.4 Å². The summed E-state index contributed by atoms with van der Waals surface area (Å²) in [6, 6.07) is 0. The van der Waals surface area contributed by atoms with Crippen molar-refractivity contribution in [3.63, 3.8) is 0 Å². The molecular formula is C54H90Cl2N4O8. The van der Waals surface area contributed by atoms with E-state index in [-0.39, 0.29) is 51.6 Å². The van der Waals surface area contributed by atoms with Crippen LogP contribution >= 0.6 is 0 Å². The van der Waals surface area contributed by atoms with Gasteiger partial charge in [-0.2, -0.15) is 0 Å². The van der Waals surface area contributed by atoms with Crippen molar-refractivity contribution in [2.24, 2.45) is 5.41 Å². The highest BCUT2D eigenvalue weighted by Gasteiger charge is 2.44. The quantitative estimate of drug-likeness (QED) is 0.0504. The Bertz CT molecular complexity index is 1670. The highest BCUT2D eigenvalue weighted by molar-refractivity contribution is 5.53. The van der Waals surface area contributed by atoms with Gasteiger partial charge in [0.25, 0.3) is 0 Å². The lowest BCUT2D eigenvalue weighted by atomic mass is 9.90. The summed E-state index contributed by atoms with van der Waals surface area (Å²) in [6.07, 6.45) is 28.0. The minimum absolute atomic E-state index is 0. The molecule has 0 spiro atoms. The maximum absolute atomic E-state index is 6.90.